The first-order valence-corrected chi connectivity index (χ1v) is 13.5. The van der Waals surface area contributed by atoms with Crippen LogP contribution in [-0.2, 0) is 23.0 Å². The monoisotopic (exact) mass is 548 g/mol. The number of benzene rings is 3. The first-order chi connectivity index (χ1) is 16.9. The maximum absolute atomic E-state index is 12.9. The lowest BCUT2D eigenvalue weighted by Gasteiger charge is -2.33. The molecule has 0 aliphatic carbocycles. The van der Waals surface area contributed by atoms with Crippen LogP contribution >= 0.6 is 23.2 Å². The van der Waals surface area contributed by atoms with Crippen molar-refractivity contribution < 1.29 is 13.2 Å². The number of carbonyl (C=O) groups excluding carboxylic acids is 1. The second-order valence-corrected chi connectivity index (χ2v) is 11.7. The molecule has 2 amide bonds. The predicted molar refractivity (Wildman–Crippen MR) is 147 cm³/mol. The van der Waals surface area contributed by atoms with Gasteiger partial charge in [-0.3, -0.25) is 4.72 Å². The Kier molecular flexibility index (Phi) is 8.89. The highest BCUT2D eigenvalue weighted by Crippen LogP contribution is 2.29. The van der Waals surface area contributed by atoms with Gasteiger partial charge in [0.05, 0.1) is 26.3 Å². The molecule has 0 radical (unpaired) electrons. The van der Waals surface area contributed by atoms with E-state index in [1.165, 1.54) is 12.1 Å². The van der Waals surface area contributed by atoms with Gasteiger partial charge in [-0.15, -0.1) is 0 Å². The van der Waals surface area contributed by atoms with Crippen molar-refractivity contribution >= 4 is 50.6 Å². The van der Waals surface area contributed by atoms with Crippen LogP contribution in [0.25, 0.3) is 0 Å². The number of sulfonamides is 1. The summed E-state index contributed by atoms with van der Waals surface area (Å²) in [6.07, 6.45) is 0.681. The van der Waals surface area contributed by atoms with Gasteiger partial charge in [-0.2, -0.15) is 0 Å². The summed E-state index contributed by atoms with van der Waals surface area (Å²) in [7, 11) is 0.131. The van der Waals surface area contributed by atoms with Gasteiger partial charge in [0.25, 0.3) is 10.0 Å². The molecule has 3 aromatic rings. The Hall–Kier alpha value is -2.78. The molecule has 3 N–H and O–H groups in total. The van der Waals surface area contributed by atoms with Crippen molar-refractivity contribution in [2.45, 2.75) is 37.2 Å². The molecule has 0 fully saturated rings. The summed E-state index contributed by atoms with van der Waals surface area (Å²) < 4.78 is 28.5. The summed E-state index contributed by atoms with van der Waals surface area (Å²) in [5, 5.41) is 6.28. The molecular weight excluding hydrogens is 519 g/mol. The molecule has 3 rings (SSSR count). The van der Waals surface area contributed by atoms with Gasteiger partial charge >= 0.3 is 6.03 Å². The average molecular weight is 550 g/mol. The molecule has 10 heteroatoms. The fourth-order valence-electron chi connectivity index (χ4n) is 3.38. The number of urea groups is 1. The highest BCUT2D eigenvalue weighted by atomic mass is 35.5. The quantitative estimate of drug-likeness (QED) is 0.306. The Morgan fingerprint density at radius 1 is 0.944 bits per heavy atom. The van der Waals surface area contributed by atoms with Crippen molar-refractivity contribution in [3.63, 3.8) is 0 Å². The number of halogens is 2. The summed E-state index contributed by atoms with van der Waals surface area (Å²) in [5.74, 6) is 0. The van der Waals surface area contributed by atoms with Crippen LogP contribution in [0.1, 0.15) is 25.0 Å². The van der Waals surface area contributed by atoms with Gasteiger partial charge in [-0.05, 0) is 75.8 Å². The first kappa shape index (κ1) is 27.8. The number of hydrogen-bond acceptors (Lipinski definition) is 4. The molecule has 0 atom stereocenters. The zero-order valence-electron chi connectivity index (χ0n) is 20.6. The first-order valence-electron chi connectivity index (χ1n) is 11.2. The van der Waals surface area contributed by atoms with Crippen LogP contribution in [0.5, 0.6) is 0 Å². The van der Waals surface area contributed by atoms with Crippen molar-refractivity contribution in [2.75, 3.05) is 24.1 Å². The third-order valence-electron chi connectivity index (χ3n) is 5.95. The predicted octanol–water partition coefficient (Wildman–Crippen LogP) is 6.00. The van der Waals surface area contributed by atoms with Crippen LogP contribution in [-0.4, -0.2) is 39.0 Å². The SMILES string of the molecule is CN(C)C(C)(C)Cc1ccc(NS(=O)(=O)c2ccccc2)c(NC(=O)NCc2cccc(Cl)c2Cl)c1. The largest absolute Gasteiger partial charge is 0.334 e. The highest BCUT2D eigenvalue weighted by molar-refractivity contribution is 7.92. The number of nitrogens with one attached hydrogen (secondary N) is 3. The van der Waals surface area contributed by atoms with E-state index in [1.54, 1.807) is 48.5 Å². The molecule has 0 aliphatic heterocycles. The molecule has 0 spiro atoms. The van der Waals surface area contributed by atoms with Crippen LogP contribution in [0.15, 0.2) is 71.6 Å². The normalized spacial score (nSPS) is 11.9. The molecule has 0 aromatic heterocycles. The van der Waals surface area contributed by atoms with Crippen LogP contribution in [0.2, 0.25) is 10.0 Å². The number of carbonyl (C=O) groups is 1. The third kappa shape index (κ3) is 7.13. The van der Waals surface area contributed by atoms with Gasteiger partial charge in [0, 0.05) is 12.1 Å². The average Bonchev–Trinajstić information content (AvgIpc) is 2.82. The van der Waals surface area contributed by atoms with Gasteiger partial charge in [-0.1, -0.05) is 59.6 Å². The minimum atomic E-state index is -3.86. The molecule has 0 saturated heterocycles. The molecule has 0 unspecified atom stereocenters. The van der Waals surface area contributed by atoms with Crippen LogP contribution in [0, 0.1) is 0 Å². The minimum absolute atomic E-state index is 0.119. The third-order valence-corrected chi connectivity index (χ3v) is 8.19. The lowest BCUT2D eigenvalue weighted by Crippen LogP contribution is -2.40. The van der Waals surface area contributed by atoms with Crippen molar-refractivity contribution in [2.24, 2.45) is 0 Å². The summed E-state index contributed by atoms with van der Waals surface area (Å²) in [5.41, 5.74) is 2.02. The summed E-state index contributed by atoms with van der Waals surface area (Å²) in [6.45, 7) is 4.35. The van der Waals surface area contributed by atoms with E-state index in [2.05, 4.69) is 34.1 Å². The van der Waals surface area contributed by atoms with E-state index in [9.17, 15) is 13.2 Å². The Bertz CT molecular complexity index is 1330. The maximum Gasteiger partial charge on any atom is 0.319 e. The van der Waals surface area contributed by atoms with Crippen molar-refractivity contribution in [1.82, 2.24) is 10.2 Å². The van der Waals surface area contributed by atoms with Gasteiger partial charge < -0.3 is 15.5 Å². The molecule has 0 heterocycles. The Labute approximate surface area is 222 Å². The maximum atomic E-state index is 12.9. The van der Waals surface area contributed by atoms with Crippen LogP contribution in [0.4, 0.5) is 16.2 Å². The Morgan fingerprint density at radius 2 is 1.64 bits per heavy atom. The lowest BCUT2D eigenvalue weighted by atomic mass is 9.93. The number of likely N-dealkylation sites (N-methyl/N-ethyl adjacent to an activating group) is 1. The number of anilines is 2. The van der Waals surface area contributed by atoms with Crippen molar-refractivity contribution in [3.05, 3.63) is 87.9 Å². The van der Waals surface area contributed by atoms with E-state index in [1.807, 2.05) is 20.2 Å². The molecule has 192 valence electrons. The van der Waals surface area contributed by atoms with E-state index in [0.29, 0.717) is 27.7 Å². The molecule has 0 saturated carbocycles. The smallest absolute Gasteiger partial charge is 0.319 e. The topological polar surface area (TPSA) is 90.5 Å². The number of rotatable bonds is 9. The highest BCUT2D eigenvalue weighted by Gasteiger charge is 2.23. The van der Waals surface area contributed by atoms with Crippen LogP contribution in [0.3, 0.4) is 0 Å². The zero-order chi connectivity index (χ0) is 26.5. The Morgan fingerprint density at radius 3 is 2.31 bits per heavy atom. The Balaban J connectivity index is 1.87. The van der Waals surface area contributed by atoms with E-state index in [0.717, 1.165) is 5.56 Å². The van der Waals surface area contributed by atoms with Crippen molar-refractivity contribution in [3.8, 4) is 0 Å². The van der Waals surface area contributed by atoms with E-state index >= 15 is 0 Å². The molecule has 7 nitrogen and oxygen atoms in total. The second kappa shape index (κ2) is 11.5. The fourth-order valence-corrected chi connectivity index (χ4v) is 4.87. The zero-order valence-corrected chi connectivity index (χ0v) is 22.9. The molecule has 3 aromatic carbocycles. The van der Waals surface area contributed by atoms with Gasteiger partial charge in [0.1, 0.15) is 0 Å². The van der Waals surface area contributed by atoms with Gasteiger partial charge in [0.15, 0.2) is 0 Å². The molecular formula is C26H30Cl2N4O3S. The number of amides is 2. The van der Waals surface area contributed by atoms with Crippen LogP contribution < -0.4 is 15.4 Å². The summed E-state index contributed by atoms with van der Waals surface area (Å²) in [4.78, 5) is 15.0. The number of nitrogens with zero attached hydrogens (tertiary/aromatic N) is 1. The summed E-state index contributed by atoms with van der Waals surface area (Å²) >= 11 is 12.3. The minimum Gasteiger partial charge on any atom is -0.334 e. The van der Waals surface area contributed by atoms with Gasteiger partial charge in [-0.25, -0.2) is 13.2 Å². The molecule has 36 heavy (non-hydrogen) atoms. The molecule has 0 bridgehead atoms. The van der Waals surface area contributed by atoms with Crippen molar-refractivity contribution in [1.29, 1.82) is 0 Å². The summed E-state index contributed by atoms with van der Waals surface area (Å²) in [6, 6.07) is 18.0. The van der Waals surface area contributed by atoms with Gasteiger partial charge in [0.2, 0.25) is 0 Å². The second-order valence-electron chi connectivity index (χ2n) is 9.20. The van der Waals surface area contributed by atoms with E-state index in [4.69, 9.17) is 23.2 Å². The fraction of sp³-hybridized carbons (Fsp3) is 0.269. The van der Waals surface area contributed by atoms with E-state index < -0.39 is 16.1 Å². The lowest BCUT2D eigenvalue weighted by molar-refractivity contribution is 0.195. The standard InChI is InChI=1S/C26H30Cl2N4O3S/c1-26(2,32(3)4)16-18-13-14-22(31-36(34,35)20-10-6-5-7-11-20)23(15-18)30-25(33)29-17-19-9-8-12-21(27)24(19)28/h5-15,31H,16-17H2,1-4H3,(H2,29,30,33). The molecule has 0 aliphatic rings. The number of hydrogen-bond donors (Lipinski definition) is 3. The van der Waals surface area contributed by atoms with E-state index in [-0.39, 0.29) is 22.7 Å².